The molecule has 0 fully saturated rings. The van der Waals surface area contributed by atoms with Crippen LogP contribution in [0.2, 0.25) is 0 Å². The molecule has 0 aliphatic heterocycles. The molecule has 2 aromatic rings. The van der Waals surface area contributed by atoms with Gasteiger partial charge in [0.25, 0.3) is 11.8 Å². The standard InChI is InChI=1S/C17H14BrN3O3/c18-15-6-2-4-13(10-15)11-19-20-17(23)14-5-1-3-12(9-14)7-8-16(22)21-24/h1-11,24H,(H,20,23)(H,21,22)/b8-7+,19-11+. The average molecular weight is 388 g/mol. The predicted octanol–water partition coefficient (Wildman–Crippen LogP) is 2.73. The molecule has 0 heterocycles. The number of nitrogens with one attached hydrogen (secondary N) is 2. The zero-order valence-electron chi connectivity index (χ0n) is 12.4. The summed E-state index contributed by atoms with van der Waals surface area (Å²) in [7, 11) is 0. The minimum absolute atomic E-state index is 0.372. The van der Waals surface area contributed by atoms with E-state index in [0.29, 0.717) is 11.1 Å². The molecule has 0 atom stereocenters. The van der Waals surface area contributed by atoms with Crippen LogP contribution < -0.4 is 10.9 Å². The first-order valence-corrected chi connectivity index (χ1v) is 7.69. The van der Waals surface area contributed by atoms with Gasteiger partial charge >= 0.3 is 0 Å². The molecule has 2 amide bonds. The third-order valence-electron chi connectivity index (χ3n) is 2.91. The molecule has 0 spiro atoms. The van der Waals surface area contributed by atoms with Crippen LogP contribution in [0, 0.1) is 0 Å². The van der Waals surface area contributed by atoms with Gasteiger partial charge in [-0.2, -0.15) is 5.10 Å². The smallest absolute Gasteiger partial charge is 0.271 e. The first-order chi connectivity index (χ1) is 11.6. The molecular weight excluding hydrogens is 374 g/mol. The van der Waals surface area contributed by atoms with Crippen LogP contribution in [0.3, 0.4) is 0 Å². The van der Waals surface area contributed by atoms with Crippen molar-refractivity contribution in [2.45, 2.75) is 0 Å². The van der Waals surface area contributed by atoms with Gasteiger partial charge in [-0.05, 0) is 41.5 Å². The van der Waals surface area contributed by atoms with Crippen molar-refractivity contribution in [3.05, 3.63) is 75.8 Å². The van der Waals surface area contributed by atoms with Crippen LogP contribution in [0.25, 0.3) is 6.08 Å². The number of carbonyl (C=O) groups excluding carboxylic acids is 2. The molecule has 122 valence electrons. The summed E-state index contributed by atoms with van der Waals surface area (Å²) in [6, 6.07) is 14.1. The van der Waals surface area contributed by atoms with Crippen molar-refractivity contribution in [1.82, 2.24) is 10.9 Å². The van der Waals surface area contributed by atoms with Crippen LogP contribution >= 0.6 is 15.9 Å². The van der Waals surface area contributed by atoms with Gasteiger partial charge < -0.3 is 0 Å². The molecule has 0 bridgehead atoms. The number of carbonyl (C=O) groups is 2. The summed E-state index contributed by atoms with van der Waals surface area (Å²) in [4.78, 5) is 23.0. The number of rotatable bonds is 5. The molecule has 0 aliphatic rings. The van der Waals surface area contributed by atoms with Gasteiger partial charge in [-0.3, -0.25) is 14.8 Å². The van der Waals surface area contributed by atoms with E-state index in [1.165, 1.54) is 17.8 Å². The van der Waals surface area contributed by atoms with Gasteiger partial charge in [0.2, 0.25) is 0 Å². The molecule has 0 saturated carbocycles. The zero-order chi connectivity index (χ0) is 17.4. The molecule has 0 saturated heterocycles. The number of nitrogens with zero attached hydrogens (tertiary/aromatic N) is 1. The number of hydroxylamine groups is 1. The number of benzene rings is 2. The minimum Gasteiger partial charge on any atom is -0.288 e. The van der Waals surface area contributed by atoms with Crippen LogP contribution in [-0.4, -0.2) is 23.2 Å². The monoisotopic (exact) mass is 387 g/mol. The van der Waals surface area contributed by atoms with Crippen molar-refractivity contribution in [1.29, 1.82) is 0 Å². The van der Waals surface area contributed by atoms with Crippen molar-refractivity contribution in [2.75, 3.05) is 0 Å². The van der Waals surface area contributed by atoms with Gasteiger partial charge in [0.1, 0.15) is 0 Å². The second kappa shape index (κ2) is 8.76. The first kappa shape index (κ1) is 17.6. The fourth-order valence-corrected chi connectivity index (χ4v) is 2.23. The molecule has 0 unspecified atom stereocenters. The van der Waals surface area contributed by atoms with E-state index < -0.39 is 5.91 Å². The van der Waals surface area contributed by atoms with Gasteiger partial charge in [0.05, 0.1) is 6.21 Å². The molecular formula is C17H14BrN3O3. The van der Waals surface area contributed by atoms with Gasteiger partial charge in [-0.1, -0.05) is 40.2 Å². The van der Waals surface area contributed by atoms with Crippen molar-refractivity contribution in [3.8, 4) is 0 Å². The molecule has 7 heteroatoms. The highest BCUT2D eigenvalue weighted by Gasteiger charge is 2.04. The van der Waals surface area contributed by atoms with Crippen molar-refractivity contribution in [3.63, 3.8) is 0 Å². The third kappa shape index (κ3) is 5.45. The SMILES string of the molecule is O=C(/C=C/c1cccc(C(=O)N/N=C/c2cccc(Br)c2)c1)NO. The van der Waals surface area contributed by atoms with Gasteiger partial charge in [-0.15, -0.1) is 0 Å². The summed E-state index contributed by atoms with van der Waals surface area (Å²) in [6.07, 6.45) is 4.17. The highest BCUT2D eigenvalue weighted by atomic mass is 79.9. The van der Waals surface area contributed by atoms with Crippen LogP contribution in [0.4, 0.5) is 0 Å². The Balaban J connectivity index is 2.02. The van der Waals surface area contributed by atoms with Gasteiger partial charge in [-0.25, -0.2) is 10.9 Å². The Morgan fingerprint density at radius 2 is 1.83 bits per heavy atom. The summed E-state index contributed by atoms with van der Waals surface area (Å²) < 4.78 is 0.921. The van der Waals surface area contributed by atoms with Crippen molar-refractivity contribution >= 4 is 40.0 Å². The van der Waals surface area contributed by atoms with E-state index in [0.717, 1.165) is 16.1 Å². The summed E-state index contributed by atoms with van der Waals surface area (Å²) in [5, 5.41) is 12.3. The lowest BCUT2D eigenvalue weighted by Gasteiger charge is -2.01. The number of amides is 2. The summed E-state index contributed by atoms with van der Waals surface area (Å²) in [6.45, 7) is 0. The highest BCUT2D eigenvalue weighted by Crippen LogP contribution is 2.10. The Kier molecular flexibility index (Phi) is 6.41. The van der Waals surface area contributed by atoms with Crippen LogP contribution in [0.5, 0.6) is 0 Å². The Morgan fingerprint density at radius 3 is 2.58 bits per heavy atom. The zero-order valence-corrected chi connectivity index (χ0v) is 14.0. The van der Waals surface area contributed by atoms with E-state index in [1.807, 2.05) is 24.3 Å². The molecule has 24 heavy (non-hydrogen) atoms. The van der Waals surface area contributed by atoms with Crippen LogP contribution in [0.15, 0.2) is 64.2 Å². The van der Waals surface area contributed by atoms with Crippen LogP contribution in [0.1, 0.15) is 21.5 Å². The fraction of sp³-hybridized carbons (Fsp3) is 0. The molecule has 6 nitrogen and oxygen atoms in total. The molecule has 2 aromatic carbocycles. The topological polar surface area (TPSA) is 90.8 Å². The Labute approximate surface area is 147 Å². The van der Waals surface area contributed by atoms with Crippen molar-refractivity contribution in [2.24, 2.45) is 5.10 Å². The van der Waals surface area contributed by atoms with Crippen molar-refractivity contribution < 1.29 is 14.8 Å². The van der Waals surface area contributed by atoms with E-state index >= 15 is 0 Å². The van der Waals surface area contributed by atoms with Crippen LogP contribution in [-0.2, 0) is 4.79 Å². The van der Waals surface area contributed by atoms with E-state index in [1.54, 1.807) is 24.3 Å². The minimum atomic E-state index is -0.650. The summed E-state index contributed by atoms with van der Waals surface area (Å²) in [5.74, 6) is -1.02. The highest BCUT2D eigenvalue weighted by molar-refractivity contribution is 9.10. The Hall–Kier alpha value is -2.77. The van der Waals surface area contributed by atoms with Gasteiger partial charge in [0.15, 0.2) is 0 Å². The lowest BCUT2D eigenvalue weighted by atomic mass is 10.1. The maximum atomic E-state index is 12.1. The Morgan fingerprint density at radius 1 is 1.08 bits per heavy atom. The van der Waals surface area contributed by atoms with E-state index in [2.05, 4.69) is 26.5 Å². The molecule has 2 rings (SSSR count). The van der Waals surface area contributed by atoms with Gasteiger partial charge in [0, 0.05) is 16.1 Å². The first-order valence-electron chi connectivity index (χ1n) is 6.89. The molecule has 3 N–H and O–H groups in total. The quantitative estimate of drug-likeness (QED) is 0.318. The third-order valence-corrected chi connectivity index (χ3v) is 3.41. The molecule has 0 radical (unpaired) electrons. The second-order valence-electron chi connectivity index (χ2n) is 4.69. The number of hydrazone groups is 1. The number of halogens is 1. The van der Waals surface area contributed by atoms with E-state index in [4.69, 9.17) is 5.21 Å². The lowest BCUT2D eigenvalue weighted by Crippen LogP contribution is -2.17. The maximum absolute atomic E-state index is 12.1. The number of hydrogen-bond acceptors (Lipinski definition) is 4. The molecule has 0 aliphatic carbocycles. The normalized spacial score (nSPS) is 10.9. The number of hydrogen-bond donors (Lipinski definition) is 3. The fourth-order valence-electron chi connectivity index (χ4n) is 1.81. The summed E-state index contributed by atoms with van der Waals surface area (Å²) >= 11 is 3.36. The second-order valence-corrected chi connectivity index (χ2v) is 5.60. The Bertz CT molecular complexity index is 803. The average Bonchev–Trinajstić information content (AvgIpc) is 2.60. The maximum Gasteiger partial charge on any atom is 0.271 e. The van der Waals surface area contributed by atoms with E-state index in [-0.39, 0.29) is 5.91 Å². The molecule has 0 aromatic heterocycles. The summed E-state index contributed by atoms with van der Waals surface area (Å²) in [5.41, 5.74) is 5.82. The predicted molar refractivity (Wildman–Crippen MR) is 94.6 cm³/mol. The lowest BCUT2D eigenvalue weighted by molar-refractivity contribution is -0.124. The largest absolute Gasteiger partial charge is 0.288 e. The van der Waals surface area contributed by atoms with E-state index in [9.17, 15) is 9.59 Å².